The van der Waals surface area contributed by atoms with Crippen molar-refractivity contribution in [2.45, 2.75) is 31.2 Å². The summed E-state index contributed by atoms with van der Waals surface area (Å²) < 4.78 is 5.55. The van der Waals surface area contributed by atoms with E-state index in [-0.39, 0.29) is 17.9 Å². The topological polar surface area (TPSA) is 73.9 Å². The van der Waals surface area contributed by atoms with E-state index < -0.39 is 0 Å². The highest BCUT2D eigenvalue weighted by molar-refractivity contribution is 8.00. The predicted molar refractivity (Wildman–Crippen MR) is 157 cm³/mol. The smallest absolute Gasteiger partial charge is 0.253 e. The van der Waals surface area contributed by atoms with Gasteiger partial charge in [-0.05, 0) is 55.8 Å². The van der Waals surface area contributed by atoms with Crippen LogP contribution in [0.3, 0.4) is 0 Å². The second-order valence-electron chi connectivity index (χ2n) is 9.31. The third-order valence-electron chi connectivity index (χ3n) is 6.67. The minimum Gasteiger partial charge on any atom is -0.495 e. The van der Waals surface area contributed by atoms with Crippen molar-refractivity contribution in [1.82, 2.24) is 5.32 Å². The molecule has 2 amide bonds. The van der Waals surface area contributed by atoms with Crippen LogP contribution >= 0.6 is 11.8 Å². The van der Waals surface area contributed by atoms with Gasteiger partial charge in [-0.3, -0.25) is 9.59 Å². The molecule has 0 bridgehead atoms. The van der Waals surface area contributed by atoms with Crippen molar-refractivity contribution in [3.8, 4) is 5.75 Å². The summed E-state index contributed by atoms with van der Waals surface area (Å²) in [4.78, 5) is 31.6. The Hall–Kier alpha value is -3.65. The second-order valence-corrected chi connectivity index (χ2v) is 10.4. The number of anilines is 3. The number of methoxy groups -OCH3 is 1. The molecule has 0 radical (unpaired) electrons. The summed E-state index contributed by atoms with van der Waals surface area (Å²) >= 11 is 1.48. The minimum atomic E-state index is -0.128. The zero-order valence-electron chi connectivity index (χ0n) is 22.3. The fraction of sp³-hybridized carbons (Fsp3) is 0.333. The van der Waals surface area contributed by atoms with E-state index in [1.165, 1.54) is 11.8 Å². The van der Waals surface area contributed by atoms with Gasteiger partial charge in [-0.25, -0.2) is 0 Å². The zero-order valence-corrected chi connectivity index (χ0v) is 23.1. The maximum absolute atomic E-state index is 13.3. The second kappa shape index (κ2) is 13.2. The number of thioether (sulfide) groups is 1. The van der Waals surface area contributed by atoms with Crippen LogP contribution in [-0.2, 0) is 4.79 Å². The average Bonchev–Trinajstić information content (AvgIpc) is 2.96. The van der Waals surface area contributed by atoms with Gasteiger partial charge in [-0.2, -0.15) is 0 Å². The highest BCUT2D eigenvalue weighted by Gasteiger charge is 2.24. The summed E-state index contributed by atoms with van der Waals surface area (Å²) in [7, 11) is 1.69. The Bertz CT molecular complexity index is 1230. The van der Waals surface area contributed by atoms with Crippen molar-refractivity contribution in [3.05, 3.63) is 78.4 Å². The Balaban J connectivity index is 1.48. The van der Waals surface area contributed by atoms with Gasteiger partial charge in [0.25, 0.3) is 5.91 Å². The van der Waals surface area contributed by atoms with E-state index >= 15 is 0 Å². The van der Waals surface area contributed by atoms with Gasteiger partial charge in [-0.1, -0.05) is 37.3 Å². The summed E-state index contributed by atoms with van der Waals surface area (Å²) in [5.74, 6) is 0.923. The molecule has 0 spiro atoms. The Morgan fingerprint density at radius 1 is 0.921 bits per heavy atom. The lowest BCUT2D eigenvalue weighted by Gasteiger charge is -2.38. The fourth-order valence-corrected chi connectivity index (χ4v) is 5.14. The van der Waals surface area contributed by atoms with E-state index in [1.54, 1.807) is 13.2 Å². The number of ether oxygens (including phenoxy) is 1. The molecule has 1 aliphatic heterocycles. The molecule has 0 saturated carbocycles. The van der Waals surface area contributed by atoms with Crippen LogP contribution in [0.2, 0.25) is 0 Å². The molecule has 1 heterocycles. The van der Waals surface area contributed by atoms with Crippen LogP contribution in [-0.4, -0.2) is 56.9 Å². The summed E-state index contributed by atoms with van der Waals surface area (Å²) in [6, 6.07) is 23.6. The minimum absolute atomic E-state index is 0.0539. The standard InChI is InChI=1S/C30H36N4O3S/c1-4-22(2)31-30(36)25-20-23(32-29(35)21-38-24-10-6-5-7-11-24)14-15-26(25)33-16-18-34(19-17-33)27-12-8-9-13-28(27)37-3/h5-15,20,22H,4,16-19,21H2,1-3H3,(H,31,36)(H,32,35). The summed E-state index contributed by atoms with van der Waals surface area (Å²) in [6.45, 7) is 7.19. The molecule has 1 unspecified atom stereocenters. The summed E-state index contributed by atoms with van der Waals surface area (Å²) in [5, 5.41) is 6.06. The van der Waals surface area contributed by atoms with E-state index in [2.05, 4.69) is 26.5 Å². The molecule has 1 saturated heterocycles. The van der Waals surface area contributed by atoms with Gasteiger partial charge < -0.3 is 25.2 Å². The number of hydrogen-bond acceptors (Lipinski definition) is 6. The van der Waals surface area contributed by atoms with Crippen LogP contribution < -0.4 is 25.2 Å². The summed E-state index contributed by atoms with van der Waals surface area (Å²) in [6.07, 6.45) is 0.839. The van der Waals surface area contributed by atoms with Crippen LogP contribution in [0.5, 0.6) is 5.75 Å². The van der Waals surface area contributed by atoms with E-state index in [1.807, 2.05) is 74.5 Å². The number of carbonyl (C=O) groups excluding carboxylic acids is 2. The molecule has 7 nitrogen and oxygen atoms in total. The van der Waals surface area contributed by atoms with Gasteiger partial charge in [0.15, 0.2) is 0 Å². The maximum Gasteiger partial charge on any atom is 0.253 e. The molecule has 1 atom stereocenters. The third-order valence-corrected chi connectivity index (χ3v) is 7.69. The van der Waals surface area contributed by atoms with Crippen LogP contribution in [0.15, 0.2) is 77.7 Å². The van der Waals surface area contributed by atoms with Crippen molar-refractivity contribution in [2.24, 2.45) is 0 Å². The van der Waals surface area contributed by atoms with E-state index in [9.17, 15) is 9.59 Å². The Labute approximate surface area is 229 Å². The fourth-order valence-electron chi connectivity index (χ4n) is 4.42. The first kappa shape index (κ1) is 27.4. The number of nitrogens with one attached hydrogen (secondary N) is 2. The number of para-hydroxylation sites is 2. The largest absolute Gasteiger partial charge is 0.495 e. The molecule has 1 aliphatic rings. The Morgan fingerprint density at radius 3 is 2.26 bits per heavy atom. The SMILES string of the molecule is CCC(C)NC(=O)c1cc(NC(=O)CSc2ccccc2)ccc1N1CCN(c2ccccc2OC)CC1. The molecule has 2 N–H and O–H groups in total. The van der Waals surface area contributed by atoms with Crippen LogP contribution in [0.4, 0.5) is 17.1 Å². The lowest BCUT2D eigenvalue weighted by Crippen LogP contribution is -2.47. The van der Waals surface area contributed by atoms with Crippen molar-refractivity contribution < 1.29 is 14.3 Å². The average molecular weight is 533 g/mol. The number of amides is 2. The third kappa shape index (κ3) is 7.01. The van der Waals surface area contributed by atoms with Crippen LogP contribution in [0.25, 0.3) is 0 Å². The molecule has 0 aliphatic carbocycles. The maximum atomic E-state index is 13.3. The zero-order chi connectivity index (χ0) is 26.9. The molecule has 4 rings (SSSR count). The number of hydrogen-bond donors (Lipinski definition) is 2. The molecular weight excluding hydrogens is 496 g/mol. The molecular formula is C30H36N4O3S. The predicted octanol–water partition coefficient (Wildman–Crippen LogP) is 5.28. The number of piperazine rings is 1. The first-order valence-corrected chi connectivity index (χ1v) is 14.0. The number of carbonyl (C=O) groups is 2. The Morgan fingerprint density at radius 2 is 1.58 bits per heavy atom. The molecule has 200 valence electrons. The highest BCUT2D eigenvalue weighted by Crippen LogP contribution is 2.31. The number of nitrogens with zero attached hydrogens (tertiary/aromatic N) is 2. The van der Waals surface area contributed by atoms with Crippen LogP contribution in [0, 0.1) is 0 Å². The first-order valence-electron chi connectivity index (χ1n) is 13.0. The normalized spacial score (nSPS) is 14.1. The molecule has 1 fully saturated rings. The van der Waals surface area contributed by atoms with Crippen molar-refractivity contribution in [3.63, 3.8) is 0 Å². The molecule has 3 aromatic rings. The summed E-state index contributed by atoms with van der Waals surface area (Å²) in [5.41, 5.74) is 3.15. The van der Waals surface area contributed by atoms with Gasteiger partial charge >= 0.3 is 0 Å². The van der Waals surface area contributed by atoms with Crippen molar-refractivity contribution in [1.29, 1.82) is 0 Å². The number of rotatable bonds is 10. The van der Waals surface area contributed by atoms with Crippen LogP contribution in [0.1, 0.15) is 30.6 Å². The number of benzene rings is 3. The van der Waals surface area contributed by atoms with Gasteiger partial charge in [0.05, 0.1) is 24.1 Å². The van der Waals surface area contributed by atoms with Crippen molar-refractivity contribution in [2.75, 3.05) is 54.2 Å². The lowest BCUT2D eigenvalue weighted by molar-refractivity contribution is -0.113. The van der Waals surface area contributed by atoms with Gasteiger partial charge in [0, 0.05) is 48.5 Å². The molecule has 8 heteroatoms. The molecule has 38 heavy (non-hydrogen) atoms. The first-order chi connectivity index (χ1) is 18.5. The monoisotopic (exact) mass is 532 g/mol. The molecule has 3 aromatic carbocycles. The quantitative estimate of drug-likeness (QED) is 0.346. The van der Waals surface area contributed by atoms with Gasteiger partial charge in [0.1, 0.15) is 5.75 Å². The van der Waals surface area contributed by atoms with E-state index in [4.69, 9.17) is 4.74 Å². The molecule has 0 aromatic heterocycles. The van der Waals surface area contributed by atoms with Gasteiger partial charge in [-0.15, -0.1) is 11.8 Å². The van der Waals surface area contributed by atoms with Gasteiger partial charge in [0.2, 0.25) is 5.91 Å². The lowest BCUT2D eigenvalue weighted by atomic mass is 10.1. The van der Waals surface area contributed by atoms with E-state index in [0.717, 1.165) is 54.6 Å². The Kier molecular flexibility index (Phi) is 9.54. The van der Waals surface area contributed by atoms with E-state index in [0.29, 0.717) is 17.0 Å². The highest BCUT2D eigenvalue weighted by atomic mass is 32.2. The van der Waals surface area contributed by atoms with Crippen molar-refractivity contribution >= 4 is 40.6 Å².